The van der Waals surface area contributed by atoms with E-state index in [1.807, 2.05) is 13.8 Å². The Morgan fingerprint density at radius 1 is 0.963 bits per heavy atom. The van der Waals surface area contributed by atoms with E-state index in [0.29, 0.717) is 34.9 Å². The number of halogens is 1. The smallest absolute Gasteiger partial charge is 0.313 e. The summed E-state index contributed by atoms with van der Waals surface area (Å²) in [6.45, 7) is 5.13. The van der Waals surface area contributed by atoms with Crippen LogP contribution in [0.1, 0.15) is 29.8 Å². The third-order valence-corrected chi connectivity index (χ3v) is 4.39. The first-order valence-electron chi connectivity index (χ1n) is 8.68. The van der Waals surface area contributed by atoms with Crippen molar-refractivity contribution in [2.45, 2.75) is 20.4 Å². The number of nitrogens with one attached hydrogen (secondary N) is 2. The number of amides is 3. The standard InChI is InChI=1S/C20H22ClN3O3/c1-3-24(4-2)20(27)14-9-7-10-16(12-14)23-19(26)18(25)22-13-15-8-5-6-11-17(15)21/h5-12H,3-4,13H2,1-2H3,(H,22,25)(H,23,26). The first kappa shape index (κ1) is 20.5. The Kier molecular flexibility index (Phi) is 7.37. The first-order chi connectivity index (χ1) is 13.0. The van der Waals surface area contributed by atoms with Crippen LogP contribution in [0.4, 0.5) is 5.69 Å². The van der Waals surface area contributed by atoms with Crippen LogP contribution in [0.25, 0.3) is 0 Å². The lowest BCUT2D eigenvalue weighted by Gasteiger charge is -2.19. The van der Waals surface area contributed by atoms with Crippen molar-refractivity contribution in [1.82, 2.24) is 10.2 Å². The van der Waals surface area contributed by atoms with E-state index in [0.717, 1.165) is 0 Å². The monoisotopic (exact) mass is 387 g/mol. The Bertz CT molecular complexity index is 835. The van der Waals surface area contributed by atoms with Gasteiger partial charge in [-0.3, -0.25) is 14.4 Å². The van der Waals surface area contributed by atoms with E-state index < -0.39 is 11.8 Å². The topological polar surface area (TPSA) is 78.5 Å². The Morgan fingerprint density at radius 2 is 1.67 bits per heavy atom. The molecule has 2 aromatic carbocycles. The van der Waals surface area contributed by atoms with Crippen molar-refractivity contribution in [3.05, 3.63) is 64.7 Å². The van der Waals surface area contributed by atoms with E-state index in [2.05, 4.69) is 10.6 Å². The van der Waals surface area contributed by atoms with Gasteiger partial charge in [-0.05, 0) is 43.7 Å². The molecule has 0 atom stereocenters. The van der Waals surface area contributed by atoms with E-state index in [-0.39, 0.29) is 12.5 Å². The van der Waals surface area contributed by atoms with Crippen molar-refractivity contribution in [2.24, 2.45) is 0 Å². The molecule has 2 aromatic rings. The van der Waals surface area contributed by atoms with Crippen LogP contribution < -0.4 is 10.6 Å². The number of hydrogen-bond donors (Lipinski definition) is 2. The van der Waals surface area contributed by atoms with Gasteiger partial charge in [0.15, 0.2) is 0 Å². The first-order valence-corrected chi connectivity index (χ1v) is 9.06. The van der Waals surface area contributed by atoms with E-state index in [1.165, 1.54) is 0 Å². The third-order valence-electron chi connectivity index (χ3n) is 4.02. The quantitative estimate of drug-likeness (QED) is 0.747. The minimum Gasteiger partial charge on any atom is -0.344 e. The lowest BCUT2D eigenvalue weighted by molar-refractivity contribution is -0.136. The molecule has 6 nitrogen and oxygen atoms in total. The van der Waals surface area contributed by atoms with Crippen molar-refractivity contribution in [1.29, 1.82) is 0 Å². The summed E-state index contributed by atoms with van der Waals surface area (Å²) in [6.07, 6.45) is 0. The van der Waals surface area contributed by atoms with Crippen LogP contribution in [0.2, 0.25) is 5.02 Å². The van der Waals surface area contributed by atoms with Crippen molar-refractivity contribution in [3.8, 4) is 0 Å². The Morgan fingerprint density at radius 3 is 2.33 bits per heavy atom. The zero-order chi connectivity index (χ0) is 19.8. The summed E-state index contributed by atoms with van der Waals surface area (Å²) in [5.41, 5.74) is 1.55. The largest absolute Gasteiger partial charge is 0.344 e. The average Bonchev–Trinajstić information content (AvgIpc) is 2.68. The van der Waals surface area contributed by atoms with Crippen molar-refractivity contribution in [2.75, 3.05) is 18.4 Å². The SMILES string of the molecule is CCN(CC)C(=O)c1cccc(NC(=O)C(=O)NCc2ccccc2Cl)c1. The predicted octanol–water partition coefficient (Wildman–Crippen LogP) is 3.08. The molecule has 0 bridgehead atoms. The molecule has 0 spiro atoms. The van der Waals surface area contributed by atoms with Crippen LogP contribution in [-0.4, -0.2) is 35.7 Å². The maximum absolute atomic E-state index is 12.4. The van der Waals surface area contributed by atoms with Gasteiger partial charge in [-0.1, -0.05) is 35.9 Å². The highest BCUT2D eigenvalue weighted by Gasteiger charge is 2.16. The lowest BCUT2D eigenvalue weighted by atomic mass is 10.1. The van der Waals surface area contributed by atoms with Gasteiger partial charge in [0, 0.05) is 35.9 Å². The highest BCUT2D eigenvalue weighted by molar-refractivity contribution is 6.39. The molecule has 27 heavy (non-hydrogen) atoms. The Hall–Kier alpha value is -2.86. The number of hydrogen-bond acceptors (Lipinski definition) is 3. The Balaban J connectivity index is 1.99. The molecule has 0 aromatic heterocycles. The molecule has 0 aliphatic rings. The molecule has 0 heterocycles. The zero-order valence-electron chi connectivity index (χ0n) is 15.3. The molecule has 142 valence electrons. The number of rotatable bonds is 6. The summed E-state index contributed by atoms with van der Waals surface area (Å²) in [7, 11) is 0. The van der Waals surface area contributed by atoms with Gasteiger partial charge in [0.05, 0.1) is 0 Å². The third kappa shape index (κ3) is 5.56. The predicted molar refractivity (Wildman–Crippen MR) is 106 cm³/mol. The normalized spacial score (nSPS) is 10.2. The van der Waals surface area contributed by atoms with E-state index in [1.54, 1.807) is 53.4 Å². The van der Waals surface area contributed by atoms with Gasteiger partial charge < -0.3 is 15.5 Å². The second-order valence-electron chi connectivity index (χ2n) is 5.79. The molecular weight excluding hydrogens is 366 g/mol. The molecule has 3 amide bonds. The maximum Gasteiger partial charge on any atom is 0.313 e. The van der Waals surface area contributed by atoms with Gasteiger partial charge >= 0.3 is 11.8 Å². The highest BCUT2D eigenvalue weighted by Crippen LogP contribution is 2.15. The molecule has 0 aliphatic heterocycles. The number of anilines is 1. The van der Waals surface area contributed by atoms with Gasteiger partial charge in [-0.2, -0.15) is 0 Å². The number of carbonyl (C=O) groups excluding carboxylic acids is 3. The molecule has 0 saturated carbocycles. The van der Waals surface area contributed by atoms with Crippen molar-refractivity contribution < 1.29 is 14.4 Å². The van der Waals surface area contributed by atoms with Gasteiger partial charge in [0.25, 0.3) is 5.91 Å². The molecule has 0 saturated heterocycles. The zero-order valence-corrected chi connectivity index (χ0v) is 16.0. The fourth-order valence-electron chi connectivity index (χ4n) is 2.51. The highest BCUT2D eigenvalue weighted by atomic mass is 35.5. The molecule has 7 heteroatoms. The van der Waals surface area contributed by atoms with Crippen LogP contribution in [0, 0.1) is 0 Å². The summed E-state index contributed by atoms with van der Waals surface area (Å²) in [6, 6.07) is 13.6. The molecule has 0 radical (unpaired) electrons. The fraction of sp³-hybridized carbons (Fsp3) is 0.250. The van der Waals surface area contributed by atoms with Crippen LogP contribution >= 0.6 is 11.6 Å². The number of benzene rings is 2. The molecule has 0 fully saturated rings. The number of carbonyl (C=O) groups is 3. The Labute approximate surface area is 163 Å². The van der Waals surface area contributed by atoms with E-state index in [4.69, 9.17) is 11.6 Å². The van der Waals surface area contributed by atoms with Gasteiger partial charge in [-0.25, -0.2) is 0 Å². The van der Waals surface area contributed by atoms with Crippen LogP contribution in [0.3, 0.4) is 0 Å². The maximum atomic E-state index is 12.4. The summed E-state index contributed by atoms with van der Waals surface area (Å²) in [5.74, 6) is -1.72. The van der Waals surface area contributed by atoms with Crippen LogP contribution in [0.15, 0.2) is 48.5 Å². The molecule has 0 aliphatic carbocycles. The van der Waals surface area contributed by atoms with E-state index >= 15 is 0 Å². The summed E-state index contributed by atoms with van der Waals surface area (Å²) in [4.78, 5) is 38.2. The second-order valence-corrected chi connectivity index (χ2v) is 6.19. The van der Waals surface area contributed by atoms with Gasteiger partial charge in [0.1, 0.15) is 0 Å². The van der Waals surface area contributed by atoms with Crippen molar-refractivity contribution >= 4 is 35.0 Å². The summed E-state index contributed by atoms with van der Waals surface area (Å²) in [5, 5.41) is 5.55. The van der Waals surface area contributed by atoms with Crippen LogP contribution in [-0.2, 0) is 16.1 Å². The minimum atomic E-state index is -0.811. The van der Waals surface area contributed by atoms with E-state index in [9.17, 15) is 14.4 Å². The molecule has 0 unspecified atom stereocenters. The number of nitrogens with zero attached hydrogens (tertiary/aromatic N) is 1. The fourth-order valence-corrected chi connectivity index (χ4v) is 2.71. The van der Waals surface area contributed by atoms with Gasteiger partial charge in [-0.15, -0.1) is 0 Å². The lowest BCUT2D eigenvalue weighted by Crippen LogP contribution is -2.35. The summed E-state index contributed by atoms with van der Waals surface area (Å²) < 4.78 is 0. The average molecular weight is 388 g/mol. The van der Waals surface area contributed by atoms with Crippen LogP contribution in [0.5, 0.6) is 0 Å². The molecule has 2 N–H and O–H groups in total. The minimum absolute atomic E-state index is 0.126. The molecular formula is C20H22ClN3O3. The van der Waals surface area contributed by atoms with Crippen molar-refractivity contribution in [3.63, 3.8) is 0 Å². The van der Waals surface area contributed by atoms with Gasteiger partial charge in [0.2, 0.25) is 0 Å². The second kappa shape index (κ2) is 9.73. The summed E-state index contributed by atoms with van der Waals surface area (Å²) >= 11 is 6.03. The molecule has 2 rings (SSSR count).